The summed E-state index contributed by atoms with van der Waals surface area (Å²) in [6.07, 6.45) is 0. The number of halogens is 2. The first kappa shape index (κ1) is 19.9. The highest BCUT2D eigenvalue weighted by atomic mass is 35.5. The number of anilines is 1. The Kier molecular flexibility index (Phi) is 4.43. The SMILES string of the molecule is O=C1c2cc3oc4ccccc4c4ccccc4oc3cc2C(=O)N1c1cccc(Cl)c1Cl. The highest BCUT2D eigenvalue weighted by molar-refractivity contribution is 6.46. The maximum Gasteiger partial charge on any atom is 0.266 e. The molecule has 0 bridgehead atoms. The van der Waals surface area contributed by atoms with Crippen LogP contribution < -0.4 is 4.90 Å². The second-order valence-electron chi connectivity index (χ2n) is 7.56. The van der Waals surface area contributed by atoms with Crippen molar-refractivity contribution in [3.63, 3.8) is 0 Å². The Morgan fingerprint density at radius 2 is 1.12 bits per heavy atom. The van der Waals surface area contributed by atoms with Gasteiger partial charge in [-0.3, -0.25) is 9.59 Å². The molecule has 0 spiro atoms. The van der Waals surface area contributed by atoms with E-state index < -0.39 is 11.8 Å². The highest BCUT2D eigenvalue weighted by Gasteiger charge is 2.38. The number of nitrogens with zero attached hydrogens (tertiary/aromatic N) is 1. The van der Waals surface area contributed by atoms with Gasteiger partial charge in [-0.05, 0) is 36.4 Å². The maximum atomic E-state index is 13.3. The Hall–Kier alpha value is -3.80. The van der Waals surface area contributed by atoms with Crippen LogP contribution in [0.15, 0.2) is 87.7 Å². The number of amides is 2. The zero-order valence-electron chi connectivity index (χ0n) is 16.8. The Morgan fingerprint density at radius 1 is 0.606 bits per heavy atom. The lowest BCUT2D eigenvalue weighted by molar-refractivity contribution is 0.0926. The third-order valence-electron chi connectivity index (χ3n) is 5.63. The van der Waals surface area contributed by atoms with Crippen molar-refractivity contribution in [2.24, 2.45) is 0 Å². The largest absolute Gasteiger partial charge is 0.453 e. The molecule has 1 aliphatic rings. The lowest BCUT2D eigenvalue weighted by atomic mass is 10.1. The summed E-state index contributed by atoms with van der Waals surface area (Å²) in [5, 5.41) is 2.09. The van der Waals surface area contributed by atoms with Crippen molar-refractivity contribution >= 4 is 73.8 Å². The fraction of sp³-hybridized carbons (Fsp3) is 0. The molecule has 1 aromatic heterocycles. The minimum Gasteiger partial charge on any atom is -0.453 e. The zero-order valence-corrected chi connectivity index (χ0v) is 18.4. The van der Waals surface area contributed by atoms with Crippen molar-refractivity contribution in [2.75, 3.05) is 4.90 Å². The van der Waals surface area contributed by atoms with Gasteiger partial charge in [-0.2, -0.15) is 0 Å². The monoisotopic (exact) mass is 473 g/mol. The van der Waals surface area contributed by atoms with E-state index in [2.05, 4.69) is 0 Å². The molecule has 7 heteroatoms. The van der Waals surface area contributed by atoms with Crippen LogP contribution in [-0.4, -0.2) is 11.8 Å². The summed E-state index contributed by atoms with van der Waals surface area (Å²) in [6.45, 7) is 0. The normalized spacial score (nSPS) is 13.2. The van der Waals surface area contributed by atoms with E-state index in [-0.39, 0.29) is 26.9 Å². The summed E-state index contributed by atoms with van der Waals surface area (Å²) in [4.78, 5) is 27.5. The molecule has 0 atom stereocenters. The lowest BCUT2D eigenvalue weighted by Crippen LogP contribution is -2.29. The molecular formula is C26H13Cl2NO4. The van der Waals surface area contributed by atoms with Crippen molar-refractivity contribution in [3.05, 3.63) is 100 Å². The van der Waals surface area contributed by atoms with Crippen molar-refractivity contribution < 1.29 is 18.4 Å². The van der Waals surface area contributed by atoms with E-state index in [4.69, 9.17) is 32.0 Å². The average molecular weight is 474 g/mol. The van der Waals surface area contributed by atoms with Gasteiger partial charge >= 0.3 is 0 Å². The van der Waals surface area contributed by atoms with Gasteiger partial charge in [-0.15, -0.1) is 0 Å². The van der Waals surface area contributed by atoms with E-state index in [0.717, 1.165) is 15.7 Å². The molecule has 0 fully saturated rings. The molecular weight excluding hydrogens is 461 g/mol. The van der Waals surface area contributed by atoms with Crippen molar-refractivity contribution in [3.8, 4) is 0 Å². The summed E-state index contributed by atoms with van der Waals surface area (Å²) in [6, 6.07) is 23.0. The number of fused-ring (bicyclic) bond motifs is 5. The van der Waals surface area contributed by atoms with Gasteiger partial charge in [0.15, 0.2) is 11.2 Å². The Labute approximate surface area is 197 Å². The van der Waals surface area contributed by atoms with E-state index in [0.29, 0.717) is 22.3 Å². The van der Waals surface area contributed by atoms with E-state index >= 15 is 0 Å². The number of carbonyl (C=O) groups is 2. The average Bonchev–Trinajstić information content (AvgIpc) is 3.05. The fourth-order valence-electron chi connectivity index (χ4n) is 4.08. The van der Waals surface area contributed by atoms with Gasteiger partial charge in [-0.25, -0.2) is 4.90 Å². The third-order valence-corrected chi connectivity index (χ3v) is 6.44. The molecule has 1 aliphatic heterocycles. The molecule has 0 radical (unpaired) electrons. The summed E-state index contributed by atoms with van der Waals surface area (Å²) >= 11 is 12.4. The third kappa shape index (κ3) is 3.01. The first-order chi connectivity index (χ1) is 16.0. The summed E-state index contributed by atoms with van der Waals surface area (Å²) in [5.74, 6) is -1.03. The Morgan fingerprint density at radius 3 is 1.67 bits per heavy atom. The number of benzene rings is 4. The van der Waals surface area contributed by atoms with Crippen molar-refractivity contribution in [1.82, 2.24) is 0 Å². The van der Waals surface area contributed by atoms with Crippen LogP contribution in [0.1, 0.15) is 20.7 Å². The van der Waals surface area contributed by atoms with Gasteiger partial charge in [0.25, 0.3) is 11.8 Å². The van der Waals surface area contributed by atoms with Crippen molar-refractivity contribution in [2.45, 2.75) is 0 Å². The molecule has 2 heterocycles. The summed E-state index contributed by atoms with van der Waals surface area (Å²) in [7, 11) is 0. The lowest BCUT2D eigenvalue weighted by Gasteiger charge is -2.15. The number of rotatable bonds is 1. The van der Waals surface area contributed by atoms with Crippen LogP contribution in [0.2, 0.25) is 10.0 Å². The van der Waals surface area contributed by atoms with Crippen LogP contribution >= 0.6 is 23.2 Å². The van der Waals surface area contributed by atoms with Gasteiger partial charge < -0.3 is 8.83 Å². The molecule has 6 rings (SSSR count). The molecule has 160 valence electrons. The number of para-hydroxylation sites is 2. The van der Waals surface area contributed by atoms with E-state index in [1.54, 1.807) is 18.2 Å². The van der Waals surface area contributed by atoms with Gasteiger partial charge in [0.1, 0.15) is 11.2 Å². The molecule has 4 aromatic carbocycles. The Balaban J connectivity index is 1.66. The van der Waals surface area contributed by atoms with Gasteiger partial charge in [0.05, 0.1) is 26.9 Å². The number of hydrogen-bond acceptors (Lipinski definition) is 4. The molecule has 0 saturated heterocycles. The van der Waals surface area contributed by atoms with Gasteiger partial charge in [0.2, 0.25) is 0 Å². The van der Waals surface area contributed by atoms with Crippen LogP contribution in [-0.2, 0) is 0 Å². The van der Waals surface area contributed by atoms with Crippen LogP contribution in [0.3, 0.4) is 0 Å². The first-order valence-electron chi connectivity index (χ1n) is 10.1. The van der Waals surface area contributed by atoms with Crippen LogP contribution in [0.4, 0.5) is 5.69 Å². The molecule has 0 aliphatic carbocycles. The highest BCUT2D eigenvalue weighted by Crippen LogP contribution is 2.38. The molecule has 0 N–H and O–H groups in total. The topological polar surface area (TPSA) is 63.7 Å². The quantitative estimate of drug-likeness (QED) is 0.235. The molecule has 0 unspecified atom stereocenters. The molecule has 5 aromatic rings. The minimum atomic E-state index is -0.513. The van der Waals surface area contributed by atoms with Crippen LogP contribution in [0.25, 0.3) is 33.1 Å². The minimum absolute atomic E-state index is 0.127. The second-order valence-corrected chi connectivity index (χ2v) is 8.34. The molecule has 0 saturated carbocycles. The Bertz CT molecular complexity index is 1600. The zero-order chi connectivity index (χ0) is 22.7. The summed E-state index contributed by atoms with van der Waals surface area (Å²) in [5.41, 5.74) is 2.50. The number of carbonyl (C=O) groups excluding carboxylic acids is 2. The van der Waals surface area contributed by atoms with Gasteiger partial charge in [0, 0.05) is 10.8 Å². The molecule has 5 nitrogen and oxygen atoms in total. The fourth-order valence-corrected chi connectivity index (χ4v) is 4.46. The van der Waals surface area contributed by atoms with Crippen LogP contribution in [0.5, 0.6) is 0 Å². The maximum absolute atomic E-state index is 13.3. The number of hydrogen-bond donors (Lipinski definition) is 0. The second kappa shape index (κ2) is 7.37. The van der Waals surface area contributed by atoms with E-state index in [9.17, 15) is 9.59 Å². The molecule has 2 amide bonds. The first-order valence-corrected chi connectivity index (χ1v) is 10.8. The smallest absolute Gasteiger partial charge is 0.266 e. The molecule has 33 heavy (non-hydrogen) atoms. The number of imide groups is 1. The summed E-state index contributed by atoms with van der Waals surface area (Å²) < 4.78 is 12.4. The van der Waals surface area contributed by atoms with E-state index in [1.165, 1.54) is 12.1 Å². The van der Waals surface area contributed by atoms with E-state index in [1.807, 2.05) is 48.5 Å². The van der Waals surface area contributed by atoms with Crippen LogP contribution in [0, 0.1) is 0 Å². The predicted octanol–water partition coefficient (Wildman–Crippen LogP) is 7.56. The van der Waals surface area contributed by atoms with Gasteiger partial charge in [-0.1, -0.05) is 65.7 Å². The standard InChI is InChI=1S/C26H13Cl2NO4/c27-18-8-5-9-19(24(18)28)29-25(30)16-12-22-23(13-17(16)26(29)31)33-21-11-4-2-7-15(21)14-6-1-3-10-20(14)32-22/h1-13H. The predicted molar refractivity (Wildman–Crippen MR) is 129 cm³/mol. The van der Waals surface area contributed by atoms with Crippen molar-refractivity contribution in [1.29, 1.82) is 0 Å².